The van der Waals surface area contributed by atoms with Crippen molar-refractivity contribution < 1.29 is 19.1 Å². The molecule has 8 heteroatoms. The fraction of sp³-hybridized carbons (Fsp3) is 0.227. The van der Waals surface area contributed by atoms with Crippen molar-refractivity contribution in [3.05, 3.63) is 77.4 Å². The number of nitrogens with one attached hydrogen (secondary N) is 2. The number of H-pyrrole nitrogens is 1. The molecule has 8 nitrogen and oxygen atoms in total. The summed E-state index contributed by atoms with van der Waals surface area (Å²) in [6, 6.07) is 13.7. The predicted octanol–water partition coefficient (Wildman–Crippen LogP) is 3.38. The average Bonchev–Trinajstić information content (AvgIpc) is 3.27. The molecule has 0 unspecified atom stereocenters. The van der Waals surface area contributed by atoms with E-state index in [1.165, 1.54) is 7.11 Å². The molecule has 3 aromatic rings. The number of esters is 1. The molecule has 2 N–H and O–H groups in total. The first-order valence-corrected chi connectivity index (χ1v) is 9.53. The fourth-order valence-corrected chi connectivity index (χ4v) is 3.69. The molecule has 0 fully saturated rings. The van der Waals surface area contributed by atoms with Gasteiger partial charge in [0.25, 0.3) is 0 Å². The molecular formula is C22H22N4O4. The van der Waals surface area contributed by atoms with E-state index in [9.17, 15) is 9.59 Å². The number of nitrogens with zero attached hydrogens (tertiary/aromatic N) is 2. The lowest BCUT2D eigenvalue weighted by molar-refractivity contribution is 0.0602. The number of carbonyl (C=O) groups excluding carboxylic acids is 2. The number of imidazole rings is 1. The minimum absolute atomic E-state index is 0.298. The lowest BCUT2D eigenvalue weighted by atomic mass is 9.96. The lowest BCUT2D eigenvalue weighted by Crippen LogP contribution is -2.43. The smallest absolute Gasteiger partial charge is 0.339 e. The Kier molecular flexibility index (Phi) is 5.38. The normalized spacial score (nSPS) is 15.3. The standard InChI is InChI=1S/C22H22N4O4/c1-29-15-9-7-14(8-10-15)20-19-18(23-13-24-19)11-12-26(20)22(28)25-17-6-4-3-5-16(17)21(27)30-2/h3-10,13,20H,11-12H2,1-2H3,(H,23,24)(H,25,28)/t20-/m0/s1. The number of fused-ring (bicyclic) bond motifs is 1. The number of carbonyl (C=O) groups is 2. The van der Waals surface area contributed by atoms with Crippen LogP contribution in [0.2, 0.25) is 0 Å². The number of aromatic nitrogens is 2. The van der Waals surface area contributed by atoms with Crippen LogP contribution in [-0.2, 0) is 11.2 Å². The van der Waals surface area contributed by atoms with E-state index < -0.39 is 5.97 Å². The Morgan fingerprint density at radius 1 is 1.13 bits per heavy atom. The summed E-state index contributed by atoms with van der Waals surface area (Å²) in [7, 11) is 2.92. The predicted molar refractivity (Wildman–Crippen MR) is 111 cm³/mol. The number of para-hydroxylation sites is 1. The topological polar surface area (TPSA) is 96.6 Å². The Morgan fingerprint density at radius 2 is 1.90 bits per heavy atom. The van der Waals surface area contributed by atoms with Crippen LogP contribution in [0.4, 0.5) is 10.5 Å². The van der Waals surface area contributed by atoms with E-state index in [2.05, 4.69) is 15.3 Å². The van der Waals surface area contributed by atoms with Crippen LogP contribution >= 0.6 is 0 Å². The van der Waals surface area contributed by atoms with E-state index in [-0.39, 0.29) is 12.1 Å². The highest BCUT2D eigenvalue weighted by atomic mass is 16.5. The Balaban J connectivity index is 1.67. The summed E-state index contributed by atoms with van der Waals surface area (Å²) in [5.41, 5.74) is 3.43. The van der Waals surface area contributed by atoms with Crippen LogP contribution in [-0.4, -0.2) is 47.6 Å². The highest BCUT2D eigenvalue weighted by Gasteiger charge is 2.34. The van der Waals surface area contributed by atoms with E-state index in [0.29, 0.717) is 24.2 Å². The van der Waals surface area contributed by atoms with Gasteiger partial charge in [0.05, 0.1) is 37.5 Å². The van der Waals surface area contributed by atoms with Crippen LogP contribution in [0.25, 0.3) is 0 Å². The third-order valence-corrected chi connectivity index (χ3v) is 5.19. The number of hydrogen-bond acceptors (Lipinski definition) is 5. The van der Waals surface area contributed by atoms with Gasteiger partial charge in [-0.2, -0.15) is 0 Å². The molecule has 1 aliphatic heterocycles. The summed E-state index contributed by atoms with van der Waals surface area (Å²) >= 11 is 0. The largest absolute Gasteiger partial charge is 0.497 e. The van der Waals surface area contributed by atoms with Crippen LogP contribution in [0.15, 0.2) is 54.9 Å². The number of urea groups is 1. The zero-order chi connectivity index (χ0) is 21.1. The van der Waals surface area contributed by atoms with Gasteiger partial charge in [0, 0.05) is 18.7 Å². The summed E-state index contributed by atoms with van der Waals surface area (Å²) in [5, 5.41) is 2.86. The fourth-order valence-electron chi connectivity index (χ4n) is 3.69. The first-order valence-electron chi connectivity index (χ1n) is 9.53. The Morgan fingerprint density at radius 3 is 2.63 bits per heavy atom. The van der Waals surface area contributed by atoms with Gasteiger partial charge in [0.2, 0.25) is 0 Å². The van der Waals surface area contributed by atoms with Gasteiger partial charge in [-0.3, -0.25) is 0 Å². The maximum Gasteiger partial charge on any atom is 0.339 e. The van der Waals surface area contributed by atoms with Gasteiger partial charge in [-0.25, -0.2) is 14.6 Å². The van der Waals surface area contributed by atoms with Crippen molar-refractivity contribution in [2.75, 3.05) is 26.1 Å². The minimum atomic E-state index is -0.508. The van der Waals surface area contributed by atoms with Crippen molar-refractivity contribution in [3.63, 3.8) is 0 Å². The van der Waals surface area contributed by atoms with E-state index in [0.717, 1.165) is 22.7 Å². The molecular weight excluding hydrogens is 384 g/mol. The molecule has 0 spiro atoms. The Bertz CT molecular complexity index is 1060. The van der Waals surface area contributed by atoms with Gasteiger partial charge in [-0.15, -0.1) is 0 Å². The number of anilines is 1. The molecule has 0 saturated carbocycles. The van der Waals surface area contributed by atoms with Gasteiger partial charge in [0.15, 0.2) is 0 Å². The highest BCUT2D eigenvalue weighted by Crippen LogP contribution is 2.34. The van der Waals surface area contributed by atoms with Crippen LogP contribution in [0, 0.1) is 0 Å². The van der Waals surface area contributed by atoms with Gasteiger partial charge in [-0.1, -0.05) is 24.3 Å². The molecule has 2 heterocycles. The van der Waals surface area contributed by atoms with Crippen LogP contribution in [0.5, 0.6) is 5.75 Å². The van der Waals surface area contributed by atoms with E-state index in [1.807, 2.05) is 24.3 Å². The van der Waals surface area contributed by atoms with E-state index in [1.54, 1.807) is 42.6 Å². The van der Waals surface area contributed by atoms with Gasteiger partial charge >= 0.3 is 12.0 Å². The molecule has 1 aromatic heterocycles. The van der Waals surface area contributed by atoms with Crippen LogP contribution in [0.1, 0.15) is 33.4 Å². The zero-order valence-electron chi connectivity index (χ0n) is 16.7. The first-order chi connectivity index (χ1) is 14.6. The van der Waals surface area contributed by atoms with Crippen molar-refractivity contribution >= 4 is 17.7 Å². The molecule has 0 bridgehead atoms. The van der Waals surface area contributed by atoms with Crippen LogP contribution < -0.4 is 10.1 Å². The van der Waals surface area contributed by atoms with Gasteiger partial charge in [-0.05, 0) is 29.8 Å². The molecule has 1 atom stereocenters. The summed E-state index contributed by atoms with van der Waals surface area (Å²) in [6.45, 7) is 0.498. The molecule has 1 aliphatic rings. The van der Waals surface area contributed by atoms with Gasteiger partial charge in [0.1, 0.15) is 11.8 Å². The SMILES string of the molecule is COC(=O)c1ccccc1NC(=O)N1CCc2[nH]cnc2[C@@H]1c1ccc(OC)cc1. The molecule has 154 valence electrons. The van der Waals surface area contributed by atoms with E-state index in [4.69, 9.17) is 9.47 Å². The maximum atomic E-state index is 13.3. The number of hydrogen-bond donors (Lipinski definition) is 2. The monoisotopic (exact) mass is 406 g/mol. The second kappa shape index (κ2) is 8.28. The third-order valence-electron chi connectivity index (χ3n) is 5.19. The first kappa shape index (κ1) is 19.5. The summed E-state index contributed by atoms with van der Waals surface area (Å²) in [6.07, 6.45) is 2.31. The maximum absolute atomic E-state index is 13.3. The minimum Gasteiger partial charge on any atom is -0.497 e. The molecule has 0 saturated heterocycles. The van der Waals surface area contributed by atoms with Crippen molar-refractivity contribution in [2.45, 2.75) is 12.5 Å². The molecule has 0 radical (unpaired) electrons. The second-order valence-electron chi connectivity index (χ2n) is 6.85. The second-order valence-corrected chi connectivity index (χ2v) is 6.85. The average molecular weight is 406 g/mol. The van der Waals surface area contributed by atoms with Crippen LogP contribution in [0.3, 0.4) is 0 Å². The summed E-state index contributed by atoms with van der Waals surface area (Å²) < 4.78 is 10.1. The molecule has 2 aromatic carbocycles. The number of ether oxygens (including phenoxy) is 2. The zero-order valence-corrected chi connectivity index (χ0v) is 16.7. The molecule has 0 aliphatic carbocycles. The van der Waals surface area contributed by atoms with E-state index >= 15 is 0 Å². The molecule has 30 heavy (non-hydrogen) atoms. The number of methoxy groups -OCH3 is 2. The van der Waals surface area contributed by atoms with Crippen molar-refractivity contribution in [1.29, 1.82) is 0 Å². The molecule has 4 rings (SSSR count). The number of amides is 2. The van der Waals surface area contributed by atoms with Crippen molar-refractivity contribution in [3.8, 4) is 5.75 Å². The summed E-state index contributed by atoms with van der Waals surface area (Å²) in [4.78, 5) is 34.7. The Hall–Kier alpha value is -3.81. The Labute approximate surface area is 173 Å². The lowest BCUT2D eigenvalue weighted by Gasteiger charge is -2.35. The van der Waals surface area contributed by atoms with Crippen molar-refractivity contribution in [2.24, 2.45) is 0 Å². The third kappa shape index (κ3) is 3.59. The number of aromatic amines is 1. The highest BCUT2D eigenvalue weighted by molar-refractivity contribution is 6.01. The van der Waals surface area contributed by atoms with Crippen molar-refractivity contribution in [1.82, 2.24) is 14.9 Å². The summed E-state index contributed by atoms with van der Waals surface area (Å²) in [5.74, 6) is 0.227. The quantitative estimate of drug-likeness (QED) is 0.648. The number of rotatable bonds is 4. The number of benzene rings is 2. The van der Waals surface area contributed by atoms with Gasteiger partial charge < -0.3 is 24.7 Å². The molecule has 2 amide bonds.